The van der Waals surface area contributed by atoms with Crippen LogP contribution in [0.5, 0.6) is 0 Å². The van der Waals surface area contributed by atoms with Crippen molar-refractivity contribution in [2.45, 2.75) is 31.1 Å². The third-order valence-corrected chi connectivity index (χ3v) is 5.20. The molecule has 0 aliphatic heterocycles. The van der Waals surface area contributed by atoms with Gasteiger partial charge in [0, 0.05) is 28.5 Å². The Hall–Kier alpha value is -1.20. The molecule has 21 heavy (non-hydrogen) atoms. The minimum Gasteiger partial charge on any atom is -0.423 e. The summed E-state index contributed by atoms with van der Waals surface area (Å²) in [6.07, 6.45) is 2.65. The summed E-state index contributed by atoms with van der Waals surface area (Å²) in [7, 11) is 0. The molecule has 0 radical (unpaired) electrons. The lowest BCUT2D eigenvalue weighted by Crippen LogP contribution is -1.97. The predicted octanol–water partition coefficient (Wildman–Crippen LogP) is 4.34. The van der Waals surface area contributed by atoms with Gasteiger partial charge in [0.1, 0.15) is 5.58 Å². The van der Waals surface area contributed by atoms with E-state index in [2.05, 4.69) is 0 Å². The maximum Gasteiger partial charge on any atom is 0.337 e. The van der Waals surface area contributed by atoms with Crippen molar-refractivity contribution < 1.29 is 9.21 Å². The summed E-state index contributed by atoms with van der Waals surface area (Å²) in [5, 5.41) is 1.24. The lowest BCUT2D eigenvalue weighted by molar-refractivity contribution is -0.110. The van der Waals surface area contributed by atoms with E-state index in [0.29, 0.717) is 12.0 Å². The van der Waals surface area contributed by atoms with Crippen LogP contribution in [0, 0.1) is 0 Å². The highest BCUT2D eigenvalue weighted by Crippen LogP contribution is 2.27. The first-order chi connectivity index (χ1) is 10.2. The number of carbonyl (C=O) groups excluding carboxylic acids is 1. The first-order valence-corrected chi connectivity index (χ1v) is 8.99. The molecule has 5 heteroatoms. The van der Waals surface area contributed by atoms with Gasteiger partial charge in [0.05, 0.1) is 0 Å². The molecule has 112 valence electrons. The SMILES string of the molecule is CCC(=O)SCCCCSc1cc(=O)oc2ccccc12. The lowest BCUT2D eigenvalue weighted by Gasteiger charge is -2.05. The highest BCUT2D eigenvalue weighted by molar-refractivity contribution is 8.13. The Labute approximate surface area is 132 Å². The van der Waals surface area contributed by atoms with Crippen LogP contribution < -0.4 is 5.63 Å². The van der Waals surface area contributed by atoms with Crippen LogP contribution in [-0.4, -0.2) is 16.6 Å². The molecule has 3 nitrogen and oxygen atoms in total. The molecular weight excluding hydrogens is 304 g/mol. The van der Waals surface area contributed by atoms with Gasteiger partial charge in [-0.1, -0.05) is 36.9 Å². The van der Waals surface area contributed by atoms with Gasteiger partial charge in [-0.25, -0.2) is 4.79 Å². The van der Waals surface area contributed by atoms with Gasteiger partial charge in [0.15, 0.2) is 5.12 Å². The van der Waals surface area contributed by atoms with E-state index in [1.807, 2.05) is 31.2 Å². The summed E-state index contributed by atoms with van der Waals surface area (Å²) in [6.45, 7) is 1.89. The third kappa shape index (κ3) is 4.93. The van der Waals surface area contributed by atoms with Crippen LogP contribution >= 0.6 is 23.5 Å². The zero-order chi connectivity index (χ0) is 15.1. The molecule has 0 saturated heterocycles. The van der Waals surface area contributed by atoms with E-state index in [9.17, 15) is 9.59 Å². The highest BCUT2D eigenvalue weighted by Gasteiger charge is 2.05. The van der Waals surface area contributed by atoms with Crippen LogP contribution in [0.4, 0.5) is 0 Å². The Balaban J connectivity index is 1.86. The normalized spacial score (nSPS) is 10.9. The molecule has 0 saturated carbocycles. The molecule has 0 spiro atoms. The maximum absolute atomic E-state index is 11.5. The van der Waals surface area contributed by atoms with Gasteiger partial charge in [0.2, 0.25) is 0 Å². The third-order valence-electron chi connectivity index (χ3n) is 2.96. The first-order valence-electron chi connectivity index (χ1n) is 7.02. The quantitative estimate of drug-likeness (QED) is 0.431. The van der Waals surface area contributed by atoms with Gasteiger partial charge in [-0.2, -0.15) is 0 Å². The molecule has 0 aliphatic carbocycles. The molecule has 0 fully saturated rings. The summed E-state index contributed by atoms with van der Waals surface area (Å²) >= 11 is 3.09. The number of benzene rings is 1. The number of carbonyl (C=O) groups is 1. The Morgan fingerprint density at radius 3 is 2.76 bits per heavy atom. The molecule has 1 aromatic heterocycles. The van der Waals surface area contributed by atoms with Crippen molar-refractivity contribution in [3.8, 4) is 0 Å². The average molecular weight is 322 g/mol. The monoisotopic (exact) mass is 322 g/mol. The highest BCUT2D eigenvalue weighted by atomic mass is 32.2. The molecule has 0 amide bonds. The molecule has 0 N–H and O–H groups in total. The van der Waals surface area contributed by atoms with Crippen molar-refractivity contribution in [3.63, 3.8) is 0 Å². The zero-order valence-electron chi connectivity index (χ0n) is 12.0. The van der Waals surface area contributed by atoms with Gasteiger partial charge in [-0.3, -0.25) is 4.79 Å². The topological polar surface area (TPSA) is 47.3 Å². The number of rotatable bonds is 7. The van der Waals surface area contributed by atoms with Crippen molar-refractivity contribution in [1.82, 2.24) is 0 Å². The smallest absolute Gasteiger partial charge is 0.337 e. The predicted molar refractivity (Wildman–Crippen MR) is 90.2 cm³/mol. The summed E-state index contributed by atoms with van der Waals surface area (Å²) < 4.78 is 5.18. The van der Waals surface area contributed by atoms with Crippen LogP contribution in [0.1, 0.15) is 26.2 Å². The second-order valence-electron chi connectivity index (χ2n) is 4.56. The van der Waals surface area contributed by atoms with E-state index in [-0.39, 0.29) is 10.7 Å². The molecule has 1 heterocycles. The van der Waals surface area contributed by atoms with Gasteiger partial charge >= 0.3 is 5.63 Å². The van der Waals surface area contributed by atoms with Crippen molar-refractivity contribution in [2.24, 2.45) is 0 Å². The Morgan fingerprint density at radius 1 is 1.19 bits per heavy atom. The van der Waals surface area contributed by atoms with Crippen LogP contribution in [0.3, 0.4) is 0 Å². The Kier molecular flexibility index (Phi) is 6.39. The number of unbranched alkanes of at least 4 members (excludes halogenated alkanes) is 1. The largest absolute Gasteiger partial charge is 0.423 e. The minimum absolute atomic E-state index is 0.259. The van der Waals surface area contributed by atoms with Crippen molar-refractivity contribution >= 4 is 39.6 Å². The molecule has 0 bridgehead atoms. The maximum atomic E-state index is 11.5. The van der Waals surface area contributed by atoms with Gasteiger partial charge < -0.3 is 4.42 Å². The van der Waals surface area contributed by atoms with E-state index in [0.717, 1.165) is 34.6 Å². The molecular formula is C16H18O3S2. The van der Waals surface area contributed by atoms with Crippen LogP contribution in [0.25, 0.3) is 11.0 Å². The van der Waals surface area contributed by atoms with E-state index < -0.39 is 0 Å². The van der Waals surface area contributed by atoms with Gasteiger partial charge in [-0.15, -0.1) is 11.8 Å². The fraction of sp³-hybridized carbons (Fsp3) is 0.375. The average Bonchev–Trinajstić information content (AvgIpc) is 2.50. The Bertz CT molecular complexity index is 664. The molecule has 0 atom stereocenters. The van der Waals surface area contributed by atoms with Crippen molar-refractivity contribution in [1.29, 1.82) is 0 Å². The second-order valence-corrected chi connectivity index (χ2v) is 6.84. The summed E-state index contributed by atoms with van der Waals surface area (Å²) in [5.74, 6) is 1.82. The van der Waals surface area contributed by atoms with Gasteiger partial charge in [0.25, 0.3) is 0 Å². The molecule has 2 rings (SSSR count). The number of fused-ring (bicyclic) bond motifs is 1. The fourth-order valence-electron chi connectivity index (χ4n) is 1.88. The van der Waals surface area contributed by atoms with Crippen LogP contribution in [-0.2, 0) is 4.79 Å². The molecule has 0 unspecified atom stereocenters. The molecule has 0 aliphatic rings. The summed E-state index contributed by atoms with van der Waals surface area (Å²) in [6, 6.07) is 9.15. The molecule has 2 aromatic rings. The standard InChI is InChI=1S/C16H18O3S2/c1-2-16(18)21-10-6-5-9-20-14-11-15(17)19-13-8-4-3-7-12(13)14/h3-4,7-8,11H,2,5-6,9-10H2,1H3. The fourth-order valence-corrected chi connectivity index (χ4v) is 3.73. The Morgan fingerprint density at radius 2 is 1.95 bits per heavy atom. The number of thioether (sulfide) groups is 2. The lowest BCUT2D eigenvalue weighted by atomic mass is 10.2. The van der Waals surface area contributed by atoms with E-state index in [1.54, 1.807) is 17.8 Å². The number of hydrogen-bond acceptors (Lipinski definition) is 5. The van der Waals surface area contributed by atoms with Crippen molar-refractivity contribution in [3.05, 3.63) is 40.8 Å². The van der Waals surface area contributed by atoms with Crippen molar-refractivity contribution in [2.75, 3.05) is 11.5 Å². The minimum atomic E-state index is -0.305. The number of hydrogen-bond donors (Lipinski definition) is 0. The van der Waals surface area contributed by atoms with Crippen LogP contribution in [0.2, 0.25) is 0 Å². The van der Waals surface area contributed by atoms with E-state index >= 15 is 0 Å². The second kappa shape index (κ2) is 8.29. The first kappa shape index (κ1) is 16.2. The zero-order valence-corrected chi connectivity index (χ0v) is 13.6. The van der Waals surface area contributed by atoms with E-state index in [1.165, 1.54) is 11.8 Å². The van der Waals surface area contributed by atoms with E-state index in [4.69, 9.17) is 4.42 Å². The number of para-hydroxylation sites is 1. The van der Waals surface area contributed by atoms with Crippen LogP contribution in [0.15, 0.2) is 44.4 Å². The van der Waals surface area contributed by atoms with Gasteiger partial charge in [-0.05, 0) is 24.7 Å². The summed E-state index contributed by atoms with van der Waals surface area (Å²) in [4.78, 5) is 23.7. The molecule has 1 aromatic carbocycles. The summed E-state index contributed by atoms with van der Waals surface area (Å²) in [5.41, 5.74) is 0.330.